The number of rotatable bonds is 7. The molecular formula is C22H25ClN4O4. The van der Waals surface area contributed by atoms with Crippen molar-refractivity contribution >= 4 is 34.4 Å². The van der Waals surface area contributed by atoms with Crippen molar-refractivity contribution in [3.05, 3.63) is 61.9 Å². The number of aromatic nitrogens is 3. The van der Waals surface area contributed by atoms with Gasteiger partial charge in [-0.25, -0.2) is 9.78 Å². The summed E-state index contributed by atoms with van der Waals surface area (Å²) < 4.78 is 4.88. The van der Waals surface area contributed by atoms with Crippen LogP contribution >= 0.6 is 11.6 Å². The van der Waals surface area contributed by atoms with Gasteiger partial charge in [0.25, 0.3) is 11.5 Å². The number of aromatic amines is 2. The number of amides is 1. The van der Waals surface area contributed by atoms with Gasteiger partial charge in [-0.3, -0.25) is 9.59 Å². The van der Waals surface area contributed by atoms with Crippen molar-refractivity contribution in [1.29, 1.82) is 0 Å². The molecular weight excluding hydrogens is 420 g/mol. The summed E-state index contributed by atoms with van der Waals surface area (Å²) in [6.45, 7) is 6.12. The zero-order valence-electron chi connectivity index (χ0n) is 18.0. The average molecular weight is 445 g/mol. The molecule has 2 heterocycles. The highest BCUT2D eigenvalue weighted by atomic mass is 35.5. The van der Waals surface area contributed by atoms with Crippen LogP contribution in [-0.2, 0) is 17.7 Å². The first-order valence-electron chi connectivity index (χ1n) is 10.1. The molecule has 0 saturated carbocycles. The van der Waals surface area contributed by atoms with Gasteiger partial charge < -0.3 is 19.6 Å². The van der Waals surface area contributed by atoms with Crippen LogP contribution < -0.4 is 5.56 Å². The number of hydrogen-bond acceptors (Lipinski definition) is 5. The monoisotopic (exact) mass is 444 g/mol. The quantitative estimate of drug-likeness (QED) is 0.541. The molecule has 8 nitrogen and oxygen atoms in total. The van der Waals surface area contributed by atoms with Crippen molar-refractivity contribution in [2.24, 2.45) is 0 Å². The second-order valence-corrected chi connectivity index (χ2v) is 7.66. The fourth-order valence-corrected chi connectivity index (χ4v) is 3.78. The predicted molar refractivity (Wildman–Crippen MR) is 119 cm³/mol. The van der Waals surface area contributed by atoms with Crippen LogP contribution in [0.2, 0.25) is 5.02 Å². The zero-order valence-corrected chi connectivity index (χ0v) is 18.7. The predicted octanol–water partition coefficient (Wildman–Crippen LogP) is 3.61. The summed E-state index contributed by atoms with van der Waals surface area (Å²) >= 11 is 6.04. The smallest absolute Gasteiger partial charge is 0.339 e. The lowest BCUT2D eigenvalue weighted by Crippen LogP contribution is -2.33. The zero-order chi connectivity index (χ0) is 22.7. The highest BCUT2D eigenvalue weighted by Gasteiger charge is 2.27. The number of aryl methyl sites for hydroxylation is 1. The standard InChI is InChI=1S/C22H25ClN4O4/c1-5-9-27(11-17-24-16-10-13(23)7-8-14(16)20(28)26-17)21(29)19-12(3)18(22(30)31-4)15(6-2)25-19/h7-8,10,25H,5-6,9,11H2,1-4H3,(H,24,26,28). The molecule has 0 fully saturated rings. The summed E-state index contributed by atoms with van der Waals surface area (Å²) in [5.74, 6) is -0.406. The summed E-state index contributed by atoms with van der Waals surface area (Å²) in [6.07, 6.45) is 1.26. The number of nitrogens with one attached hydrogen (secondary N) is 2. The van der Waals surface area contributed by atoms with E-state index in [0.29, 0.717) is 63.7 Å². The number of fused-ring (bicyclic) bond motifs is 1. The summed E-state index contributed by atoms with van der Waals surface area (Å²) in [5, 5.41) is 0.902. The third-order valence-electron chi connectivity index (χ3n) is 5.12. The topological polar surface area (TPSA) is 108 Å². The molecule has 164 valence electrons. The van der Waals surface area contributed by atoms with E-state index in [9.17, 15) is 14.4 Å². The van der Waals surface area contributed by atoms with Gasteiger partial charge in [-0.2, -0.15) is 0 Å². The Balaban J connectivity index is 1.99. The first-order valence-corrected chi connectivity index (χ1v) is 10.5. The molecule has 0 aliphatic rings. The van der Waals surface area contributed by atoms with Gasteiger partial charge >= 0.3 is 5.97 Å². The Hall–Kier alpha value is -3.13. The Bertz CT molecular complexity index is 1200. The normalized spacial score (nSPS) is 11.0. The summed E-state index contributed by atoms with van der Waals surface area (Å²) in [7, 11) is 1.31. The minimum absolute atomic E-state index is 0.109. The minimum atomic E-state index is -0.482. The third-order valence-corrected chi connectivity index (χ3v) is 5.36. The third kappa shape index (κ3) is 4.49. The molecule has 9 heteroatoms. The SMILES string of the molecule is CCCN(Cc1nc2cc(Cl)ccc2c(=O)[nH]1)C(=O)c1[nH]c(CC)c(C(=O)OC)c1C. The molecule has 0 aliphatic carbocycles. The van der Waals surface area contributed by atoms with E-state index < -0.39 is 5.97 Å². The van der Waals surface area contributed by atoms with Crippen molar-refractivity contribution in [3.8, 4) is 0 Å². The Morgan fingerprint density at radius 2 is 1.97 bits per heavy atom. The van der Waals surface area contributed by atoms with Gasteiger partial charge in [-0.1, -0.05) is 25.4 Å². The first-order chi connectivity index (χ1) is 14.8. The molecule has 0 radical (unpaired) electrons. The van der Waals surface area contributed by atoms with Gasteiger partial charge in [0, 0.05) is 17.3 Å². The van der Waals surface area contributed by atoms with Crippen LogP contribution in [0.3, 0.4) is 0 Å². The maximum absolute atomic E-state index is 13.4. The number of ether oxygens (including phenoxy) is 1. The number of carbonyl (C=O) groups excluding carboxylic acids is 2. The number of hydrogen-bond donors (Lipinski definition) is 2. The van der Waals surface area contributed by atoms with Crippen molar-refractivity contribution < 1.29 is 14.3 Å². The summed E-state index contributed by atoms with van der Waals surface area (Å²) in [5.41, 5.74) is 2.08. The van der Waals surface area contributed by atoms with Gasteiger partial charge in [-0.05, 0) is 43.5 Å². The highest BCUT2D eigenvalue weighted by molar-refractivity contribution is 6.31. The molecule has 3 aromatic rings. The van der Waals surface area contributed by atoms with Gasteiger partial charge in [0.05, 0.1) is 30.1 Å². The van der Waals surface area contributed by atoms with Crippen molar-refractivity contribution in [2.45, 2.75) is 40.2 Å². The number of benzene rings is 1. The molecule has 0 atom stereocenters. The van der Waals surface area contributed by atoms with Crippen molar-refractivity contribution in [1.82, 2.24) is 19.9 Å². The van der Waals surface area contributed by atoms with E-state index in [0.717, 1.165) is 0 Å². The van der Waals surface area contributed by atoms with E-state index >= 15 is 0 Å². The highest BCUT2D eigenvalue weighted by Crippen LogP contribution is 2.22. The van der Waals surface area contributed by atoms with E-state index in [2.05, 4.69) is 15.0 Å². The fourth-order valence-electron chi connectivity index (χ4n) is 3.61. The van der Waals surface area contributed by atoms with E-state index in [1.54, 1.807) is 30.0 Å². The summed E-state index contributed by atoms with van der Waals surface area (Å²) in [6, 6.07) is 4.86. The van der Waals surface area contributed by atoms with Gasteiger partial charge in [0.15, 0.2) is 0 Å². The van der Waals surface area contributed by atoms with Gasteiger partial charge in [0.2, 0.25) is 0 Å². The molecule has 0 spiro atoms. The molecule has 0 aliphatic heterocycles. The molecule has 0 saturated heterocycles. The Labute approximate surface area is 184 Å². The largest absolute Gasteiger partial charge is 0.465 e. The molecule has 3 rings (SSSR count). The second-order valence-electron chi connectivity index (χ2n) is 7.22. The molecule has 0 bridgehead atoms. The number of nitrogens with zero attached hydrogens (tertiary/aromatic N) is 2. The van der Waals surface area contributed by atoms with E-state index in [-0.39, 0.29) is 18.0 Å². The molecule has 0 unspecified atom stereocenters. The van der Waals surface area contributed by atoms with Crippen LogP contribution in [0.25, 0.3) is 10.9 Å². The van der Waals surface area contributed by atoms with E-state index in [4.69, 9.17) is 16.3 Å². The Morgan fingerprint density at radius 1 is 1.23 bits per heavy atom. The molecule has 2 N–H and O–H groups in total. The van der Waals surface area contributed by atoms with Crippen LogP contribution in [0, 0.1) is 6.92 Å². The van der Waals surface area contributed by atoms with Crippen LogP contribution in [-0.4, -0.2) is 45.4 Å². The van der Waals surface area contributed by atoms with Crippen LogP contribution in [0.4, 0.5) is 0 Å². The number of halogens is 1. The van der Waals surface area contributed by atoms with Gasteiger partial charge in [0.1, 0.15) is 11.5 Å². The van der Waals surface area contributed by atoms with Crippen LogP contribution in [0.1, 0.15) is 58.2 Å². The average Bonchev–Trinajstić information content (AvgIpc) is 3.08. The maximum atomic E-state index is 13.4. The number of carbonyl (C=O) groups is 2. The van der Waals surface area contributed by atoms with Crippen LogP contribution in [0.5, 0.6) is 0 Å². The molecule has 1 amide bonds. The van der Waals surface area contributed by atoms with E-state index in [1.165, 1.54) is 7.11 Å². The lowest BCUT2D eigenvalue weighted by atomic mass is 10.1. The van der Waals surface area contributed by atoms with E-state index in [1.807, 2.05) is 13.8 Å². The maximum Gasteiger partial charge on any atom is 0.339 e. The summed E-state index contributed by atoms with van der Waals surface area (Å²) in [4.78, 5) is 49.9. The second kappa shape index (κ2) is 9.34. The lowest BCUT2D eigenvalue weighted by molar-refractivity contribution is 0.0599. The lowest BCUT2D eigenvalue weighted by Gasteiger charge is -2.21. The van der Waals surface area contributed by atoms with Gasteiger partial charge in [-0.15, -0.1) is 0 Å². The fraction of sp³-hybridized carbons (Fsp3) is 0.364. The Morgan fingerprint density at radius 3 is 2.61 bits per heavy atom. The number of H-pyrrole nitrogens is 2. The first kappa shape index (κ1) is 22.6. The number of esters is 1. The van der Waals surface area contributed by atoms with Crippen molar-refractivity contribution in [3.63, 3.8) is 0 Å². The molecule has 2 aromatic heterocycles. The molecule has 1 aromatic carbocycles. The number of methoxy groups -OCH3 is 1. The van der Waals surface area contributed by atoms with Crippen molar-refractivity contribution in [2.75, 3.05) is 13.7 Å². The van der Waals surface area contributed by atoms with Crippen LogP contribution in [0.15, 0.2) is 23.0 Å². The molecule has 31 heavy (non-hydrogen) atoms. The minimum Gasteiger partial charge on any atom is -0.465 e. The Kier molecular flexibility index (Phi) is 6.80.